The van der Waals surface area contributed by atoms with Crippen LogP contribution in [0.2, 0.25) is 5.02 Å². The lowest BCUT2D eigenvalue weighted by molar-refractivity contribution is 0.975. The van der Waals surface area contributed by atoms with E-state index in [1.807, 2.05) is 25.1 Å². The molecule has 0 fully saturated rings. The second kappa shape index (κ2) is 8.66. The number of benzene rings is 3. The first-order chi connectivity index (χ1) is 13.2. The third kappa shape index (κ3) is 4.06. The Morgan fingerprint density at radius 3 is 2.52 bits per heavy atom. The third-order valence-corrected chi connectivity index (χ3v) is 4.83. The fraction of sp³-hybridized carbons (Fsp3) is 0.182. The zero-order chi connectivity index (χ0) is 19.4. The molecule has 0 radical (unpaired) electrons. The van der Waals surface area contributed by atoms with Gasteiger partial charge in [0.25, 0.3) is 0 Å². The number of aromatic amines is 1. The number of para-hydroxylation sites is 1. The Bertz CT molecular complexity index is 1070. The number of rotatable bonds is 4. The molecular formula is C22H23Cl2N3. The minimum absolute atomic E-state index is 0.610. The van der Waals surface area contributed by atoms with Crippen LogP contribution in [-0.4, -0.2) is 17.9 Å². The van der Waals surface area contributed by atoms with Crippen molar-refractivity contribution in [1.29, 1.82) is 0 Å². The lowest BCUT2D eigenvalue weighted by Crippen LogP contribution is -2.04. The van der Waals surface area contributed by atoms with Crippen LogP contribution >= 0.6 is 23.2 Å². The molecule has 4 aromatic rings. The predicted molar refractivity (Wildman–Crippen MR) is 120 cm³/mol. The summed E-state index contributed by atoms with van der Waals surface area (Å²) in [6.07, 6.45) is 2.29. The topological polar surface area (TPSA) is 53.8 Å². The smallest absolute Gasteiger partial charge is 0.0643 e. The zero-order valence-electron chi connectivity index (χ0n) is 15.4. The van der Waals surface area contributed by atoms with Crippen molar-refractivity contribution in [2.45, 2.75) is 13.3 Å². The van der Waals surface area contributed by atoms with Gasteiger partial charge in [-0.2, -0.15) is 0 Å². The molecule has 3 aromatic carbocycles. The molecule has 5 heteroatoms. The molecule has 0 unspecified atom stereocenters. The summed E-state index contributed by atoms with van der Waals surface area (Å²) in [5, 5.41) is 6.60. The molecule has 1 aromatic heterocycles. The number of aryl methyl sites for hydroxylation is 1. The third-order valence-electron chi connectivity index (χ3n) is 4.51. The highest BCUT2D eigenvalue weighted by atomic mass is 35.5. The number of alkyl halides is 1. The van der Waals surface area contributed by atoms with E-state index < -0.39 is 0 Å². The molecule has 4 rings (SSSR count). The Morgan fingerprint density at radius 2 is 1.78 bits per heavy atom. The van der Waals surface area contributed by atoms with Gasteiger partial charge in [0.15, 0.2) is 0 Å². The monoisotopic (exact) mass is 399 g/mol. The first kappa shape index (κ1) is 19.6. The van der Waals surface area contributed by atoms with Crippen molar-refractivity contribution in [1.82, 2.24) is 4.98 Å². The molecule has 0 aliphatic carbocycles. The van der Waals surface area contributed by atoms with Crippen LogP contribution in [0.4, 0.5) is 11.4 Å². The summed E-state index contributed by atoms with van der Waals surface area (Å²) < 4.78 is 0. The average molecular weight is 400 g/mol. The maximum absolute atomic E-state index is 6.38. The molecule has 3 nitrogen and oxygen atoms in total. The Labute approximate surface area is 169 Å². The summed E-state index contributed by atoms with van der Waals surface area (Å²) in [5.41, 5.74) is 12.4. The van der Waals surface area contributed by atoms with Crippen molar-refractivity contribution in [3.63, 3.8) is 0 Å². The molecule has 0 aliphatic rings. The van der Waals surface area contributed by atoms with Crippen LogP contribution in [0.1, 0.15) is 11.1 Å². The van der Waals surface area contributed by atoms with Gasteiger partial charge < -0.3 is 16.0 Å². The fourth-order valence-electron chi connectivity index (χ4n) is 3.33. The van der Waals surface area contributed by atoms with E-state index in [2.05, 4.69) is 58.3 Å². The van der Waals surface area contributed by atoms with Gasteiger partial charge in [-0.25, -0.2) is 0 Å². The Balaban J connectivity index is 0.00000102. The van der Waals surface area contributed by atoms with E-state index in [1.54, 1.807) is 0 Å². The summed E-state index contributed by atoms with van der Waals surface area (Å²) >= 11 is 11.0. The molecule has 4 N–H and O–H groups in total. The van der Waals surface area contributed by atoms with Gasteiger partial charge in [0, 0.05) is 33.9 Å². The molecule has 0 bridgehead atoms. The highest BCUT2D eigenvalue weighted by Gasteiger charge is 2.11. The van der Waals surface area contributed by atoms with Crippen LogP contribution in [0.25, 0.3) is 21.8 Å². The molecule has 0 saturated heterocycles. The first-order valence-corrected chi connectivity index (χ1v) is 9.93. The van der Waals surface area contributed by atoms with Crippen LogP contribution < -0.4 is 11.1 Å². The number of anilines is 2. The van der Waals surface area contributed by atoms with E-state index >= 15 is 0 Å². The maximum Gasteiger partial charge on any atom is 0.0643 e. The van der Waals surface area contributed by atoms with Crippen LogP contribution in [0.3, 0.4) is 0 Å². The minimum atomic E-state index is 0.610. The van der Waals surface area contributed by atoms with Crippen molar-refractivity contribution in [3.05, 3.63) is 70.7 Å². The summed E-state index contributed by atoms with van der Waals surface area (Å²) in [6, 6.07) is 18.7. The van der Waals surface area contributed by atoms with Gasteiger partial charge in [-0.3, -0.25) is 0 Å². The molecule has 0 spiro atoms. The molecule has 140 valence electrons. The maximum atomic E-state index is 6.38. The van der Waals surface area contributed by atoms with Gasteiger partial charge in [-0.1, -0.05) is 35.9 Å². The van der Waals surface area contributed by atoms with E-state index in [0.29, 0.717) is 6.54 Å². The molecule has 27 heavy (non-hydrogen) atoms. The summed E-state index contributed by atoms with van der Waals surface area (Å²) in [7, 11) is 0. The van der Waals surface area contributed by atoms with Crippen molar-refractivity contribution in [2.75, 3.05) is 18.2 Å². The number of nitrogens with two attached hydrogens (primary N) is 1. The standard InChI is InChI=1S/C21H20ClN3.CH3Cl/c1-13-6-7-20(18(22)10-13)24-15-11-14(8-9-23)21-17(12-15)16-4-2-3-5-19(16)25-21;1-2/h2-7,10-12,24-25H,8-9,23H2,1H3;1H3. The highest BCUT2D eigenvalue weighted by molar-refractivity contribution is 6.33. The molecular weight excluding hydrogens is 377 g/mol. The number of H-pyrrole nitrogens is 1. The lowest BCUT2D eigenvalue weighted by Gasteiger charge is -2.12. The number of hydrogen-bond acceptors (Lipinski definition) is 2. The van der Waals surface area contributed by atoms with Gasteiger partial charge >= 0.3 is 0 Å². The summed E-state index contributed by atoms with van der Waals surface area (Å²) in [4.78, 5) is 3.53. The van der Waals surface area contributed by atoms with Gasteiger partial charge in [0.2, 0.25) is 0 Å². The van der Waals surface area contributed by atoms with Crippen molar-refractivity contribution < 1.29 is 0 Å². The molecule has 0 aliphatic heterocycles. The highest BCUT2D eigenvalue weighted by Crippen LogP contribution is 2.33. The molecule has 1 heterocycles. The molecule has 0 atom stereocenters. The van der Waals surface area contributed by atoms with Gasteiger partial charge in [0.1, 0.15) is 0 Å². The van der Waals surface area contributed by atoms with Crippen LogP contribution in [0.5, 0.6) is 0 Å². The summed E-state index contributed by atoms with van der Waals surface area (Å²) in [5.74, 6) is 0. The van der Waals surface area contributed by atoms with Crippen LogP contribution in [0.15, 0.2) is 54.6 Å². The normalized spacial score (nSPS) is 10.7. The largest absolute Gasteiger partial charge is 0.354 e. The van der Waals surface area contributed by atoms with E-state index in [1.165, 1.54) is 22.7 Å². The summed E-state index contributed by atoms with van der Waals surface area (Å²) in [6.45, 7) is 2.65. The first-order valence-electron chi connectivity index (χ1n) is 8.80. The number of fused-ring (bicyclic) bond motifs is 3. The molecule has 0 saturated carbocycles. The lowest BCUT2D eigenvalue weighted by atomic mass is 10.0. The number of nitrogens with one attached hydrogen (secondary N) is 2. The zero-order valence-corrected chi connectivity index (χ0v) is 17.0. The van der Waals surface area contributed by atoms with E-state index in [9.17, 15) is 0 Å². The van der Waals surface area contributed by atoms with Crippen LogP contribution in [0, 0.1) is 6.92 Å². The Morgan fingerprint density at radius 1 is 1.00 bits per heavy atom. The second-order valence-corrected chi connectivity index (χ2v) is 6.78. The SMILES string of the molecule is CCl.Cc1ccc(Nc2cc(CCN)c3[nH]c4ccccc4c3c2)c(Cl)c1. The van der Waals surface area contributed by atoms with Crippen molar-refractivity contribution in [3.8, 4) is 0 Å². The number of aromatic nitrogens is 1. The van der Waals surface area contributed by atoms with Crippen LogP contribution in [-0.2, 0) is 6.42 Å². The van der Waals surface area contributed by atoms with Gasteiger partial charge in [-0.15, -0.1) is 11.6 Å². The van der Waals surface area contributed by atoms with Crippen molar-refractivity contribution in [2.24, 2.45) is 5.73 Å². The minimum Gasteiger partial charge on any atom is -0.354 e. The van der Waals surface area contributed by atoms with Gasteiger partial charge in [-0.05, 0) is 61.3 Å². The molecule has 0 amide bonds. The Kier molecular flexibility index (Phi) is 6.27. The Hall–Kier alpha value is -2.20. The number of hydrogen-bond donors (Lipinski definition) is 3. The second-order valence-electron chi connectivity index (χ2n) is 6.38. The van der Waals surface area contributed by atoms with Gasteiger partial charge in [0.05, 0.1) is 10.7 Å². The fourth-order valence-corrected chi connectivity index (χ4v) is 3.61. The van der Waals surface area contributed by atoms with E-state index in [-0.39, 0.29) is 0 Å². The number of halogens is 2. The van der Waals surface area contributed by atoms with E-state index in [0.717, 1.165) is 39.4 Å². The predicted octanol–water partition coefficient (Wildman–Crippen LogP) is 6.38. The van der Waals surface area contributed by atoms with Crippen molar-refractivity contribution >= 4 is 56.4 Å². The quantitative estimate of drug-likeness (QED) is 0.348. The van der Waals surface area contributed by atoms with E-state index in [4.69, 9.17) is 17.3 Å². The average Bonchev–Trinajstić information content (AvgIpc) is 3.05.